The van der Waals surface area contributed by atoms with Gasteiger partial charge in [-0.3, -0.25) is 0 Å². The Balaban J connectivity index is 1.67. The quantitative estimate of drug-likeness (QED) is 0.722. The van der Waals surface area contributed by atoms with Gasteiger partial charge in [0.2, 0.25) is 0 Å². The molecule has 6 heteroatoms. The van der Waals surface area contributed by atoms with Gasteiger partial charge in [0.1, 0.15) is 17.3 Å². The molecule has 1 heterocycles. The number of halogens is 2. The lowest BCUT2D eigenvalue weighted by Gasteiger charge is -2.29. The van der Waals surface area contributed by atoms with E-state index in [4.69, 9.17) is 44.9 Å². The third-order valence-corrected chi connectivity index (χ3v) is 4.87. The van der Waals surface area contributed by atoms with Crippen LogP contribution in [0, 0.1) is 0 Å². The van der Waals surface area contributed by atoms with E-state index in [9.17, 15) is 0 Å². The molecule has 2 aromatic rings. The number of ether oxygens (including phenoxy) is 2. The van der Waals surface area contributed by atoms with Crippen LogP contribution in [-0.2, 0) is 11.3 Å². The Morgan fingerprint density at radius 2 is 1.92 bits per heavy atom. The summed E-state index contributed by atoms with van der Waals surface area (Å²) in [6, 6.07) is 13.2. The molecule has 3 nitrogen and oxygen atoms in total. The second-order valence-electron chi connectivity index (χ2n) is 5.46. The number of benzene rings is 2. The van der Waals surface area contributed by atoms with Crippen LogP contribution in [0.1, 0.15) is 11.1 Å². The summed E-state index contributed by atoms with van der Waals surface area (Å²) in [6.07, 6.45) is 0. The smallest absolute Gasteiger partial charge is 0.120 e. The molecule has 2 aromatic carbocycles. The van der Waals surface area contributed by atoms with Gasteiger partial charge in [-0.25, -0.2) is 0 Å². The van der Waals surface area contributed by atoms with E-state index in [1.54, 1.807) is 12.1 Å². The molecule has 0 aromatic heterocycles. The van der Waals surface area contributed by atoms with Gasteiger partial charge in [0.25, 0.3) is 0 Å². The monoisotopic (exact) mass is 381 g/mol. The maximum absolute atomic E-state index is 6.18. The third-order valence-electron chi connectivity index (χ3n) is 3.79. The van der Waals surface area contributed by atoms with Crippen molar-refractivity contribution >= 4 is 40.4 Å². The first-order chi connectivity index (χ1) is 11.6. The first-order valence-electron chi connectivity index (χ1n) is 7.67. The van der Waals surface area contributed by atoms with Gasteiger partial charge in [-0.2, -0.15) is 0 Å². The van der Waals surface area contributed by atoms with Gasteiger partial charge in [-0.15, -0.1) is 0 Å². The summed E-state index contributed by atoms with van der Waals surface area (Å²) >= 11 is 17.7. The Bertz CT molecular complexity index is 733. The van der Waals surface area contributed by atoms with Crippen LogP contribution < -0.4 is 4.74 Å². The zero-order valence-corrected chi connectivity index (χ0v) is 15.3. The molecule has 0 spiro atoms. The highest BCUT2D eigenvalue weighted by molar-refractivity contribution is 7.80. The minimum Gasteiger partial charge on any atom is -0.489 e. The number of hydrogen-bond acceptors (Lipinski definition) is 3. The molecular formula is C18H17Cl2NO2S. The highest BCUT2D eigenvalue weighted by Crippen LogP contribution is 2.23. The first-order valence-corrected chi connectivity index (χ1v) is 8.84. The van der Waals surface area contributed by atoms with Crippen molar-refractivity contribution < 1.29 is 9.47 Å². The SMILES string of the molecule is S=C(c1cccc(OCc2ccc(Cl)cc2Cl)c1)N1CCOCC1. The maximum Gasteiger partial charge on any atom is 0.120 e. The van der Waals surface area contributed by atoms with Crippen molar-refractivity contribution in [1.29, 1.82) is 0 Å². The molecule has 1 saturated heterocycles. The van der Waals surface area contributed by atoms with Gasteiger partial charge in [-0.1, -0.05) is 53.6 Å². The summed E-state index contributed by atoms with van der Waals surface area (Å²) in [5, 5.41) is 1.21. The highest BCUT2D eigenvalue weighted by Gasteiger charge is 2.15. The van der Waals surface area contributed by atoms with Crippen LogP contribution >= 0.6 is 35.4 Å². The fourth-order valence-electron chi connectivity index (χ4n) is 2.47. The maximum atomic E-state index is 6.18. The molecule has 0 bridgehead atoms. The van der Waals surface area contributed by atoms with E-state index in [1.165, 1.54) is 0 Å². The number of morpholine rings is 1. The topological polar surface area (TPSA) is 21.7 Å². The average Bonchev–Trinajstić information content (AvgIpc) is 2.61. The molecule has 0 radical (unpaired) electrons. The van der Waals surface area contributed by atoms with Crippen molar-refractivity contribution in [3.63, 3.8) is 0 Å². The van der Waals surface area contributed by atoms with E-state index >= 15 is 0 Å². The fraction of sp³-hybridized carbons (Fsp3) is 0.278. The predicted molar refractivity (Wildman–Crippen MR) is 101 cm³/mol. The summed E-state index contributed by atoms with van der Waals surface area (Å²) in [7, 11) is 0. The predicted octanol–water partition coefficient (Wildman–Crippen LogP) is 4.58. The van der Waals surface area contributed by atoms with Crippen LogP contribution in [-0.4, -0.2) is 36.2 Å². The molecular weight excluding hydrogens is 365 g/mol. The Morgan fingerprint density at radius 3 is 2.67 bits per heavy atom. The summed E-state index contributed by atoms with van der Waals surface area (Å²) in [5.74, 6) is 0.758. The van der Waals surface area contributed by atoms with Gasteiger partial charge < -0.3 is 14.4 Å². The largest absolute Gasteiger partial charge is 0.489 e. The number of thiocarbonyl (C=S) groups is 1. The van der Waals surface area contributed by atoms with Crippen LogP contribution in [0.2, 0.25) is 10.0 Å². The lowest BCUT2D eigenvalue weighted by molar-refractivity contribution is 0.0693. The highest BCUT2D eigenvalue weighted by atomic mass is 35.5. The lowest BCUT2D eigenvalue weighted by Crippen LogP contribution is -2.40. The van der Waals surface area contributed by atoms with Gasteiger partial charge in [0.15, 0.2) is 0 Å². The Kier molecular flexibility index (Phi) is 5.95. The Morgan fingerprint density at radius 1 is 1.12 bits per heavy atom. The Hall–Kier alpha value is -1.33. The Labute approximate surface area is 157 Å². The molecule has 1 fully saturated rings. The molecule has 0 N–H and O–H groups in total. The molecule has 126 valence electrons. The number of nitrogens with zero attached hydrogens (tertiary/aromatic N) is 1. The van der Waals surface area contributed by atoms with E-state index in [-0.39, 0.29) is 0 Å². The van der Waals surface area contributed by atoms with Crippen molar-refractivity contribution in [3.8, 4) is 5.75 Å². The molecule has 24 heavy (non-hydrogen) atoms. The van der Waals surface area contributed by atoms with E-state index in [2.05, 4.69) is 4.90 Å². The molecule has 1 aliphatic rings. The summed E-state index contributed by atoms with van der Waals surface area (Å²) < 4.78 is 11.2. The molecule has 1 aliphatic heterocycles. The summed E-state index contributed by atoms with van der Waals surface area (Å²) in [4.78, 5) is 2.99. The number of hydrogen-bond donors (Lipinski definition) is 0. The van der Waals surface area contributed by atoms with Gasteiger partial charge in [-0.05, 0) is 24.3 Å². The van der Waals surface area contributed by atoms with Crippen molar-refractivity contribution in [2.75, 3.05) is 26.3 Å². The first kappa shape index (κ1) is 17.5. The normalized spacial score (nSPS) is 14.5. The van der Waals surface area contributed by atoms with Crippen LogP contribution in [0.5, 0.6) is 5.75 Å². The number of rotatable bonds is 4. The van der Waals surface area contributed by atoms with Crippen LogP contribution in [0.4, 0.5) is 0 Å². The standard InChI is InChI=1S/C18H17Cl2NO2S/c19-15-5-4-14(17(20)11-15)12-23-16-3-1-2-13(10-16)18(24)21-6-8-22-9-7-21/h1-5,10-11H,6-9,12H2. The minimum atomic E-state index is 0.379. The van der Waals surface area contributed by atoms with Crippen molar-refractivity contribution in [3.05, 3.63) is 63.6 Å². The van der Waals surface area contributed by atoms with E-state index in [0.717, 1.165) is 35.0 Å². The van der Waals surface area contributed by atoms with Crippen LogP contribution in [0.3, 0.4) is 0 Å². The molecule has 0 aliphatic carbocycles. The fourth-order valence-corrected chi connectivity index (χ4v) is 3.24. The lowest BCUT2D eigenvalue weighted by atomic mass is 10.2. The summed E-state index contributed by atoms with van der Waals surface area (Å²) in [5.41, 5.74) is 1.87. The second-order valence-corrected chi connectivity index (χ2v) is 6.69. The van der Waals surface area contributed by atoms with Crippen LogP contribution in [0.25, 0.3) is 0 Å². The van der Waals surface area contributed by atoms with Gasteiger partial charge in [0.05, 0.1) is 13.2 Å². The van der Waals surface area contributed by atoms with Crippen molar-refractivity contribution in [1.82, 2.24) is 4.90 Å². The van der Waals surface area contributed by atoms with Crippen molar-refractivity contribution in [2.24, 2.45) is 0 Å². The summed E-state index contributed by atoms with van der Waals surface area (Å²) in [6.45, 7) is 3.45. The molecule has 0 atom stereocenters. The zero-order valence-electron chi connectivity index (χ0n) is 13.0. The minimum absolute atomic E-state index is 0.379. The second kappa shape index (κ2) is 8.17. The van der Waals surface area contributed by atoms with Crippen LogP contribution in [0.15, 0.2) is 42.5 Å². The molecule has 3 rings (SSSR count). The van der Waals surface area contributed by atoms with E-state index in [0.29, 0.717) is 29.9 Å². The molecule has 0 amide bonds. The zero-order chi connectivity index (χ0) is 16.9. The molecule has 0 saturated carbocycles. The van der Waals surface area contributed by atoms with Gasteiger partial charge >= 0.3 is 0 Å². The van der Waals surface area contributed by atoms with E-state index < -0.39 is 0 Å². The van der Waals surface area contributed by atoms with Gasteiger partial charge in [0, 0.05) is 34.3 Å². The average molecular weight is 382 g/mol. The van der Waals surface area contributed by atoms with Crippen molar-refractivity contribution in [2.45, 2.75) is 6.61 Å². The molecule has 0 unspecified atom stereocenters. The van der Waals surface area contributed by atoms with E-state index in [1.807, 2.05) is 30.3 Å². The third kappa shape index (κ3) is 4.39.